The Morgan fingerprint density at radius 3 is 3.17 bits per heavy atom. The topological polar surface area (TPSA) is 29.3 Å². The van der Waals surface area contributed by atoms with E-state index in [1.54, 1.807) is 0 Å². The number of para-hydroxylation sites is 1. The highest BCUT2D eigenvalue weighted by Crippen LogP contribution is 2.31. The van der Waals surface area contributed by atoms with Gasteiger partial charge >= 0.3 is 0 Å². The van der Waals surface area contributed by atoms with E-state index in [2.05, 4.69) is 22.7 Å². The van der Waals surface area contributed by atoms with Crippen molar-refractivity contribution in [1.29, 1.82) is 0 Å². The third-order valence-corrected chi connectivity index (χ3v) is 3.70. The van der Waals surface area contributed by atoms with E-state index in [0.29, 0.717) is 6.04 Å². The molecular weight excluding hydrogens is 224 g/mol. The number of piperidine rings is 1. The maximum atomic E-state index is 5.41. The van der Waals surface area contributed by atoms with Crippen LogP contribution in [0.2, 0.25) is 0 Å². The summed E-state index contributed by atoms with van der Waals surface area (Å²) in [6, 6.07) is 8.59. The lowest BCUT2D eigenvalue weighted by Gasteiger charge is -2.35. The van der Waals surface area contributed by atoms with Crippen molar-refractivity contribution in [2.24, 2.45) is 0 Å². The van der Waals surface area contributed by atoms with E-state index in [0.717, 1.165) is 29.8 Å². The van der Waals surface area contributed by atoms with Crippen LogP contribution in [-0.4, -0.2) is 17.7 Å². The molecule has 2 aromatic rings. The smallest absolute Gasteiger partial charge is 0.180 e. The molecule has 0 aliphatic carbocycles. The molecule has 3 rings (SSSR count). The van der Waals surface area contributed by atoms with Crippen LogP contribution in [0.5, 0.6) is 0 Å². The van der Waals surface area contributed by atoms with Crippen molar-refractivity contribution in [3.63, 3.8) is 0 Å². The van der Waals surface area contributed by atoms with Crippen molar-refractivity contribution >= 4 is 16.8 Å². The Labute approximate surface area is 107 Å². The van der Waals surface area contributed by atoms with Crippen molar-refractivity contribution in [2.75, 3.05) is 11.4 Å². The van der Waals surface area contributed by atoms with Gasteiger partial charge in [0.05, 0.1) is 5.39 Å². The number of fused-ring (bicyclic) bond motifs is 1. The Balaban J connectivity index is 1.98. The van der Waals surface area contributed by atoms with Crippen LogP contribution < -0.4 is 4.90 Å². The van der Waals surface area contributed by atoms with Gasteiger partial charge in [-0.2, -0.15) is 0 Å². The molecule has 0 N–H and O–H groups in total. The second-order valence-corrected chi connectivity index (χ2v) is 4.87. The normalized spacial score (nSPS) is 20.2. The molecule has 0 spiro atoms. The molecule has 0 radical (unpaired) electrons. The van der Waals surface area contributed by atoms with Gasteiger partial charge in [0.2, 0.25) is 0 Å². The van der Waals surface area contributed by atoms with Crippen LogP contribution in [0.4, 0.5) is 5.82 Å². The third kappa shape index (κ3) is 1.90. The van der Waals surface area contributed by atoms with Gasteiger partial charge < -0.3 is 9.42 Å². The zero-order valence-corrected chi connectivity index (χ0v) is 10.5. The summed E-state index contributed by atoms with van der Waals surface area (Å²) < 4.78 is 5.41. The molecule has 0 amide bonds. The van der Waals surface area contributed by atoms with Crippen molar-refractivity contribution in [2.45, 2.75) is 31.7 Å². The van der Waals surface area contributed by atoms with Crippen LogP contribution in [0, 0.1) is 0 Å². The molecule has 1 aliphatic rings. The number of rotatable bonds is 3. The summed E-state index contributed by atoms with van der Waals surface area (Å²) in [5.74, 6) is 0.997. The standard InChI is InChI=1S/C15H18N2O/c1-2-7-12-8-5-6-11-17(12)15-13-9-3-4-10-14(13)18-16-15/h2-4,9-10,12H,1,5-8,11H2. The molecule has 3 heteroatoms. The van der Waals surface area contributed by atoms with Gasteiger partial charge in [0.1, 0.15) is 0 Å². The monoisotopic (exact) mass is 242 g/mol. The first-order valence-electron chi connectivity index (χ1n) is 6.62. The summed E-state index contributed by atoms with van der Waals surface area (Å²) in [6.45, 7) is 4.93. The lowest BCUT2D eigenvalue weighted by Crippen LogP contribution is -2.39. The maximum Gasteiger partial charge on any atom is 0.180 e. The van der Waals surface area contributed by atoms with Gasteiger partial charge in [0, 0.05) is 12.6 Å². The highest BCUT2D eigenvalue weighted by Gasteiger charge is 2.25. The molecule has 1 unspecified atom stereocenters. The molecule has 94 valence electrons. The molecule has 1 fully saturated rings. The van der Waals surface area contributed by atoms with E-state index < -0.39 is 0 Å². The average Bonchev–Trinajstić information content (AvgIpc) is 2.84. The van der Waals surface area contributed by atoms with E-state index in [1.165, 1.54) is 19.3 Å². The summed E-state index contributed by atoms with van der Waals surface area (Å²) in [4.78, 5) is 2.39. The Morgan fingerprint density at radius 2 is 2.28 bits per heavy atom. The fraction of sp³-hybridized carbons (Fsp3) is 0.400. The van der Waals surface area contributed by atoms with E-state index in [1.807, 2.05) is 24.3 Å². The second-order valence-electron chi connectivity index (χ2n) is 4.87. The average molecular weight is 242 g/mol. The Morgan fingerprint density at radius 1 is 1.39 bits per heavy atom. The molecule has 0 saturated carbocycles. The van der Waals surface area contributed by atoms with E-state index >= 15 is 0 Å². The maximum absolute atomic E-state index is 5.41. The van der Waals surface area contributed by atoms with E-state index in [-0.39, 0.29) is 0 Å². The zero-order valence-electron chi connectivity index (χ0n) is 10.5. The van der Waals surface area contributed by atoms with Gasteiger partial charge in [0.15, 0.2) is 11.4 Å². The number of aromatic nitrogens is 1. The van der Waals surface area contributed by atoms with Crippen LogP contribution in [0.25, 0.3) is 11.0 Å². The van der Waals surface area contributed by atoms with Gasteiger partial charge in [-0.15, -0.1) is 6.58 Å². The number of nitrogens with zero attached hydrogens (tertiary/aromatic N) is 2. The predicted molar refractivity (Wildman–Crippen MR) is 73.8 cm³/mol. The fourth-order valence-electron chi connectivity index (χ4n) is 2.80. The lowest BCUT2D eigenvalue weighted by molar-refractivity contribution is 0.425. The molecule has 1 atom stereocenters. The first-order valence-corrected chi connectivity index (χ1v) is 6.62. The van der Waals surface area contributed by atoms with Gasteiger partial charge in [-0.25, -0.2) is 0 Å². The largest absolute Gasteiger partial charge is 0.354 e. The number of hydrogen-bond donors (Lipinski definition) is 0. The summed E-state index contributed by atoms with van der Waals surface area (Å²) in [5, 5.41) is 5.39. The van der Waals surface area contributed by atoms with E-state index in [4.69, 9.17) is 4.52 Å². The fourth-order valence-corrected chi connectivity index (χ4v) is 2.80. The molecule has 18 heavy (non-hydrogen) atoms. The highest BCUT2D eigenvalue weighted by atomic mass is 16.5. The van der Waals surface area contributed by atoms with Crippen molar-refractivity contribution in [3.8, 4) is 0 Å². The Kier molecular flexibility index (Phi) is 3.05. The van der Waals surface area contributed by atoms with Crippen molar-refractivity contribution in [3.05, 3.63) is 36.9 Å². The van der Waals surface area contributed by atoms with Crippen LogP contribution in [-0.2, 0) is 0 Å². The molecule has 3 nitrogen and oxygen atoms in total. The third-order valence-electron chi connectivity index (χ3n) is 3.70. The highest BCUT2D eigenvalue weighted by molar-refractivity contribution is 5.88. The predicted octanol–water partition coefficient (Wildman–Crippen LogP) is 3.76. The second kappa shape index (κ2) is 4.84. The molecule has 1 aliphatic heterocycles. The minimum Gasteiger partial charge on any atom is -0.354 e. The number of benzene rings is 1. The van der Waals surface area contributed by atoms with Crippen LogP contribution in [0.15, 0.2) is 41.4 Å². The Hall–Kier alpha value is -1.77. The minimum atomic E-state index is 0.518. The van der Waals surface area contributed by atoms with E-state index in [9.17, 15) is 0 Å². The van der Waals surface area contributed by atoms with Crippen molar-refractivity contribution < 1.29 is 4.52 Å². The van der Waals surface area contributed by atoms with Crippen LogP contribution >= 0.6 is 0 Å². The minimum absolute atomic E-state index is 0.518. The number of hydrogen-bond acceptors (Lipinski definition) is 3. The quantitative estimate of drug-likeness (QED) is 0.767. The van der Waals surface area contributed by atoms with Gasteiger partial charge in [0.25, 0.3) is 0 Å². The molecule has 1 aromatic carbocycles. The number of anilines is 1. The van der Waals surface area contributed by atoms with Gasteiger partial charge in [-0.1, -0.05) is 23.4 Å². The first-order chi connectivity index (χ1) is 8.90. The summed E-state index contributed by atoms with van der Waals surface area (Å²) in [7, 11) is 0. The SMILES string of the molecule is C=CCC1CCCCN1c1noc2ccccc12. The van der Waals surface area contributed by atoms with Crippen molar-refractivity contribution in [1.82, 2.24) is 5.16 Å². The van der Waals surface area contributed by atoms with Gasteiger partial charge in [-0.3, -0.25) is 0 Å². The summed E-state index contributed by atoms with van der Waals surface area (Å²) in [6.07, 6.45) is 6.76. The van der Waals surface area contributed by atoms with Crippen LogP contribution in [0.3, 0.4) is 0 Å². The molecule has 2 heterocycles. The van der Waals surface area contributed by atoms with Crippen LogP contribution in [0.1, 0.15) is 25.7 Å². The molecular formula is C15H18N2O. The lowest BCUT2D eigenvalue weighted by atomic mass is 9.99. The molecule has 1 aromatic heterocycles. The molecule has 1 saturated heterocycles. The molecule has 0 bridgehead atoms. The Bertz CT molecular complexity index is 546. The first kappa shape index (κ1) is 11.3. The van der Waals surface area contributed by atoms with Gasteiger partial charge in [-0.05, 0) is 37.8 Å². The zero-order chi connectivity index (χ0) is 12.4. The summed E-state index contributed by atoms with van der Waals surface area (Å²) in [5.41, 5.74) is 0.871. The summed E-state index contributed by atoms with van der Waals surface area (Å²) >= 11 is 0.